The van der Waals surface area contributed by atoms with E-state index >= 15 is 0 Å². The smallest absolute Gasteiger partial charge is 0.151 e. The summed E-state index contributed by atoms with van der Waals surface area (Å²) in [5.74, 6) is 0. The fourth-order valence-corrected chi connectivity index (χ4v) is 2.57. The molecule has 0 heterocycles. The molecule has 92 valence electrons. The number of aldehydes is 1. The lowest BCUT2D eigenvalue weighted by atomic mass is 9.95. The van der Waals surface area contributed by atoms with Crippen molar-refractivity contribution in [2.45, 2.75) is 0 Å². The van der Waals surface area contributed by atoms with Crippen LogP contribution in [0.4, 0.5) is 0 Å². The molecular formula is C17H11BrO. The Morgan fingerprint density at radius 3 is 2.32 bits per heavy atom. The normalized spacial score (nSPS) is 10.6. The summed E-state index contributed by atoms with van der Waals surface area (Å²) in [6.45, 7) is 0. The van der Waals surface area contributed by atoms with Crippen molar-refractivity contribution in [1.82, 2.24) is 0 Å². The number of halogens is 1. The lowest BCUT2D eigenvalue weighted by Crippen LogP contribution is -1.89. The zero-order valence-corrected chi connectivity index (χ0v) is 11.7. The summed E-state index contributed by atoms with van der Waals surface area (Å²) in [5.41, 5.74) is 2.78. The van der Waals surface area contributed by atoms with E-state index in [0.29, 0.717) is 0 Å². The van der Waals surface area contributed by atoms with Crippen LogP contribution in [0.15, 0.2) is 65.1 Å². The molecule has 0 spiro atoms. The maximum Gasteiger partial charge on any atom is 0.151 e. The Hall–Kier alpha value is -1.93. The van der Waals surface area contributed by atoms with Gasteiger partial charge in [0.2, 0.25) is 0 Å². The average molecular weight is 311 g/mol. The first-order valence-corrected chi connectivity index (χ1v) is 6.82. The molecule has 0 amide bonds. The van der Waals surface area contributed by atoms with Crippen molar-refractivity contribution in [3.63, 3.8) is 0 Å². The summed E-state index contributed by atoms with van der Waals surface area (Å²) in [4.78, 5) is 11.5. The van der Waals surface area contributed by atoms with Crippen LogP contribution in [0.25, 0.3) is 21.9 Å². The van der Waals surface area contributed by atoms with E-state index < -0.39 is 0 Å². The third-order valence-electron chi connectivity index (χ3n) is 3.24. The summed E-state index contributed by atoms with van der Waals surface area (Å²) in [7, 11) is 0. The molecule has 1 nitrogen and oxygen atoms in total. The number of benzene rings is 3. The summed E-state index contributed by atoms with van der Waals surface area (Å²) in [6.07, 6.45) is 0.944. The summed E-state index contributed by atoms with van der Waals surface area (Å²) < 4.78 is 1.03. The predicted molar refractivity (Wildman–Crippen MR) is 82.5 cm³/mol. The Morgan fingerprint density at radius 1 is 0.842 bits per heavy atom. The lowest BCUT2D eigenvalue weighted by molar-refractivity contribution is 0.112. The van der Waals surface area contributed by atoms with E-state index in [1.165, 1.54) is 0 Å². The van der Waals surface area contributed by atoms with Gasteiger partial charge in [0.25, 0.3) is 0 Å². The number of rotatable bonds is 2. The first-order chi connectivity index (χ1) is 9.29. The second kappa shape index (κ2) is 4.98. The van der Waals surface area contributed by atoms with Crippen LogP contribution in [0.3, 0.4) is 0 Å². The molecule has 0 unspecified atom stereocenters. The molecule has 0 aliphatic rings. The average Bonchev–Trinajstić information content (AvgIpc) is 2.47. The van der Waals surface area contributed by atoms with Crippen LogP contribution in [0, 0.1) is 0 Å². The maximum absolute atomic E-state index is 11.5. The molecule has 2 heteroatoms. The monoisotopic (exact) mass is 310 g/mol. The Kier molecular flexibility index (Phi) is 3.18. The van der Waals surface area contributed by atoms with Crippen LogP contribution in [0.2, 0.25) is 0 Å². The van der Waals surface area contributed by atoms with Gasteiger partial charge in [-0.25, -0.2) is 0 Å². The topological polar surface area (TPSA) is 17.1 Å². The number of carbonyl (C=O) groups excluding carboxylic acids is 1. The van der Waals surface area contributed by atoms with Crippen molar-refractivity contribution >= 4 is 33.0 Å². The second-order valence-electron chi connectivity index (χ2n) is 4.37. The molecule has 3 aromatic rings. The van der Waals surface area contributed by atoms with Crippen molar-refractivity contribution in [3.05, 3.63) is 70.7 Å². The zero-order valence-electron chi connectivity index (χ0n) is 10.1. The van der Waals surface area contributed by atoms with Crippen LogP contribution >= 0.6 is 15.9 Å². The minimum atomic E-state index is 0.750. The fourth-order valence-electron chi connectivity index (χ4n) is 2.30. The van der Waals surface area contributed by atoms with Gasteiger partial charge in [-0.3, -0.25) is 4.79 Å². The highest BCUT2D eigenvalue weighted by Gasteiger charge is 2.08. The SMILES string of the molecule is O=Cc1c(-c2ccc(Br)cc2)ccc2ccccc12. The third-order valence-corrected chi connectivity index (χ3v) is 3.77. The molecule has 0 aliphatic heterocycles. The van der Waals surface area contributed by atoms with E-state index in [0.717, 1.165) is 38.2 Å². The van der Waals surface area contributed by atoms with Crippen molar-refractivity contribution in [2.24, 2.45) is 0 Å². The Balaban J connectivity index is 2.29. The van der Waals surface area contributed by atoms with Gasteiger partial charge in [0.1, 0.15) is 0 Å². The Labute approximate surface area is 120 Å². The van der Waals surface area contributed by atoms with Gasteiger partial charge in [-0.2, -0.15) is 0 Å². The molecule has 0 fully saturated rings. The Morgan fingerprint density at radius 2 is 1.58 bits per heavy atom. The molecular weight excluding hydrogens is 300 g/mol. The van der Waals surface area contributed by atoms with Crippen LogP contribution in [-0.4, -0.2) is 6.29 Å². The van der Waals surface area contributed by atoms with Gasteiger partial charge < -0.3 is 0 Å². The van der Waals surface area contributed by atoms with Gasteiger partial charge in [-0.15, -0.1) is 0 Å². The molecule has 0 aromatic heterocycles. The maximum atomic E-state index is 11.5. The number of hydrogen-bond donors (Lipinski definition) is 0. The summed E-state index contributed by atoms with van der Waals surface area (Å²) in [5, 5.41) is 2.09. The minimum absolute atomic E-state index is 0.750. The fraction of sp³-hybridized carbons (Fsp3) is 0. The molecule has 0 saturated heterocycles. The molecule has 0 aliphatic carbocycles. The van der Waals surface area contributed by atoms with Gasteiger partial charge >= 0.3 is 0 Å². The predicted octanol–water partition coefficient (Wildman–Crippen LogP) is 5.08. The first-order valence-electron chi connectivity index (χ1n) is 6.02. The van der Waals surface area contributed by atoms with Crippen molar-refractivity contribution < 1.29 is 4.79 Å². The van der Waals surface area contributed by atoms with Gasteiger partial charge in [0, 0.05) is 10.0 Å². The van der Waals surface area contributed by atoms with Crippen LogP contribution < -0.4 is 0 Å². The quantitative estimate of drug-likeness (QED) is 0.603. The van der Waals surface area contributed by atoms with Gasteiger partial charge in [0.15, 0.2) is 6.29 Å². The van der Waals surface area contributed by atoms with Crippen molar-refractivity contribution in [1.29, 1.82) is 0 Å². The highest BCUT2D eigenvalue weighted by Crippen LogP contribution is 2.29. The molecule has 3 rings (SSSR count). The van der Waals surface area contributed by atoms with Gasteiger partial charge in [-0.1, -0.05) is 64.5 Å². The van der Waals surface area contributed by atoms with Crippen LogP contribution in [-0.2, 0) is 0 Å². The lowest BCUT2D eigenvalue weighted by Gasteiger charge is -2.09. The summed E-state index contributed by atoms with van der Waals surface area (Å²) in [6, 6.07) is 20.0. The van der Waals surface area contributed by atoms with Crippen molar-refractivity contribution in [3.8, 4) is 11.1 Å². The highest BCUT2D eigenvalue weighted by atomic mass is 79.9. The molecule has 0 atom stereocenters. The van der Waals surface area contributed by atoms with E-state index in [4.69, 9.17) is 0 Å². The van der Waals surface area contributed by atoms with E-state index in [1.54, 1.807) is 0 Å². The van der Waals surface area contributed by atoms with Gasteiger partial charge in [-0.05, 0) is 34.0 Å². The number of carbonyl (C=O) groups is 1. The van der Waals surface area contributed by atoms with Crippen molar-refractivity contribution in [2.75, 3.05) is 0 Å². The molecule has 19 heavy (non-hydrogen) atoms. The largest absolute Gasteiger partial charge is 0.298 e. The Bertz CT molecular complexity index is 745. The standard InChI is InChI=1S/C17H11BrO/c18-14-8-5-13(6-9-14)16-10-7-12-3-1-2-4-15(12)17(16)11-19/h1-11H. The number of hydrogen-bond acceptors (Lipinski definition) is 1. The molecule has 0 N–H and O–H groups in total. The molecule has 0 saturated carbocycles. The summed E-state index contributed by atoms with van der Waals surface area (Å²) >= 11 is 3.42. The van der Waals surface area contributed by atoms with Crippen LogP contribution in [0.5, 0.6) is 0 Å². The second-order valence-corrected chi connectivity index (χ2v) is 5.29. The molecule has 0 radical (unpaired) electrons. The zero-order chi connectivity index (χ0) is 13.2. The van der Waals surface area contributed by atoms with E-state index in [2.05, 4.69) is 22.0 Å². The highest BCUT2D eigenvalue weighted by molar-refractivity contribution is 9.10. The number of fused-ring (bicyclic) bond motifs is 1. The molecule has 0 bridgehead atoms. The van der Waals surface area contributed by atoms with Gasteiger partial charge in [0.05, 0.1) is 0 Å². The minimum Gasteiger partial charge on any atom is -0.298 e. The van der Waals surface area contributed by atoms with E-state index in [9.17, 15) is 4.79 Å². The first kappa shape index (κ1) is 12.1. The van der Waals surface area contributed by atoms with E-state index in [1.807, 2.05) is 54.6 Å². The van der Waals surface area contributed by atoms with Crippen LogP contribution in [0.1, 0.15) is 10.4 Å². The van der Waals surface area contributed by atoms with E-state index in [-0.39, 0.29) is 0 Å². The third kappa shape index (κ3) is 2.20. The molecule has 3 aromatic carbocycles.